The number of nitrogens with one attached hydrogen (secondary N) is 1. The molecule has 4 aliphatic rings. The van der Waals surface area contributed by atoms with Gasteiger partial charge in [-0.3, -0.25) is 14.6 Å². The smallest absolute Gasteiger partial charge is 0.373 e. The normalized spacial score (nSPS) is 22.6. The van der Waals surface area contributed by atoms with Gasteiger partial charge in [-0.25, -0.2) is 15.0 Å². The summed E-state index contributed by atoms with van der Waals surface area (Å²) in [7, 11) is 0. The number of aromatic nitrogens is 3. The zero-order valence-electron chi connectivity index (χ0n) is 27.2. The first-order valence-electron chi connectivity index (χ1n) is 16.4. The molecule has 2 aromatic heterocycles. The number of amides is 2. The minimum absolute atomic E-state index is 0.0350. The van der Waals surface area contributed by atoms with Gasteiger partial charge < -0.3 is 20.7 Å². The van der Waals surface area contributed by atoms with E-state index in [1.54, 1.807) is 0 Å². The van der Waals surface area contributed by atoms with E-state index in [1.807, 2.05) is 19.9 Å². The van der Waals surface area contributed by atoms with Crippen molar-refractivity contribution in [2.45, 2.75) is 102 Å². The van der Waals surface area contributed by atoms with Crippen LogP contribution in [0.4, 0.5) is 18.9 Å². The minimum atomic E-state index is -4.55. The summed E-state index contributed by atoms with van der Waals surface area (Å²) in [5, 5.41) is 2.91. The Balaban J connectivity index is 1.19. The van der Waals surface area contributed by atoms with Crippen molar-refractivity contribution in [2.75, 3.05) is 11.4 Å². The van der Waals surface area contributed by atoms with Crippen molar-refractivity contribution in [3.63, 3.8) is 0 Å². The van der Waals surface area contributed by atoms with E-state index in [1.165, 1.54) is 6.07 Å². The number of amidine groups is 1. The Bertz CT molecular complexity index is 1810. The van der Waals surface area contributed by atoms with Gasteiger partial charge in [0.2, 0.25) is 5.91 Å². The number of nitrogens with two attached hydrogens (primary N) is 1. The second-order valence-corrected chi connectivity index (χ2v) is 13.5. The number of carbonyl (C=O) groups excluding carboxylic acids is 2. The van der Waals surface area contributed by atoms with E-state index in [9.17, 15) is 22.8 Å². The number of ether oxygens (including phenoxy) is 1. The summed E-state index contributed by atoms with van der Waals surface area (Å²) < 4.78 is 46.5. The first kappa shape index (κ1) is 32.2. The van der Waals surface area contributed by atoms with E-state index in [2.05, 4.69) is 44.2 Å². The fourth-order valence-electron chi connectivity index (χ4n) is 7.03. The maximum atomic E-state index is 13.6. The molecule has 0 radical (unpaired) electrons. The molecule has 0 bridgehead atoms. The van der Waals surface area contributed by atoms with E-state index >= 15 is 0 Å². The van der Waals surface area contributed by atoms with Gasteiger partial charge in [0.1, 0.15) is 22.9 Å². The molecule has 1 spiro atoms. The lowest BCUT2D eigenvalue weighted by Crippen LogP contribution is -2.53. The lowest BCUT2D eigenvalue weighted by atomic mass is 9.83. The number of carbonyl (C=O) groups is 2. The van der Waals surface area contributed by atoms with Crippen molar-refractivity contribution in [2.24, 2.45) is 10.7 Å². The molecule has 2 atom stereocenters. The summed E-state index contributed by atoms with van der Waals surface area (Å²) in [5.41, 5.74) is 9.53. The first-order valence-corrected chi connectivity index (χ1v) is 16.4. The quantitative estimate of drug-likeness (QED) is 0.327. The molecule has 1 aromatic carbocycles. The van der Waals surface area contributed by atoms with Crippen LogP contribution >= 0.6 is 0 Å². The topological polar surface area (TPSA) is 136 Å². The highest BCUT2D eigenvalue weighted by atomic mass is 19.4. The molecule has 48 heavy (non-hydrogen) atoms. The average molecular weight is 662 g/mol. The van der Waals surface area contributed by atoms with Crippen LogP contribution in [0, 0.1) is 13.8 Å². The Hall–Kier alpha value is -4.39. The molecule has 10 nitrogen and oxygen atoms in total. The van der Waals surface area contributed by atoms with E-state index < -0.39 is 23.3 Å². The monoisotopic (exact) mass is 661 g/mol. The zero-order chi connectivity index (χ0) is 34.0. The Morgan fingerprint density at radius 3 is 2.44 bits per heavy atom. The van der Waals surface area contributed by atoms with Crippen LogP contribution in [-0.2, 0) is 33.5 Å². The molecule has 4 heterocycles. The highest BCUT2D eigenvalue weighted by Gasteiger charge is 2.49. The van der Waals surface area contributed by atoms with Gasteiger partial charge in [-0.15, -0.1) is 0 Å². The first-order chi connectivity index (χ1) is 22.8. The molecule has 252 valence electrons. The number of hydrogen-bond donors (Lipinski definition) is 2. The molecular formula is C35H38F3N7O3. The van der Waals surface area contributed by atoms with Crippen LogP contribution < -0.4 is 16.0 Å². The second kappa shape index (κ2) is 11.9. The number of primary amides is 1. The molecule has 2 aliphatic heterocycles. The van der Waals surface area contributed by atoms with Gasteiger partial charge in [-0.05, 0) is 76.6 Å². The van der Waals surface area contributed by atoms with Crippen LogP contribution in [0.25, 0.3) is 11.1 Å². The van der Waals surface area contributed by atoms with E-state index in [0.717, 1.165) is 65.5 Å². The summed E-state index contributed by atoms with van der Waals surface area (Å²) in [5.74, 6) is -0.115. The summed E-state index contributed by atoms with van der Waals surface area (Å²) in [6.07, 6.45) is 0.151. The van der Waals surface area contributed by atoms with Crippen LogP contribution in [0.3, 0.4) is 0 Å². The summed E-state index contributed by atoms with van der Waals surface area (Å²) in [4.78, 5) is 45.4. The molecule has 2 amide bonds. The number of pyridine rings is 1. The van der Waals surface area contributed by atoms with Gasteiger partial charge in [-0.1, -0.05) is 12.1 Å². The number of aryl methyl sites for hydroxylation is 2. The zero-order valence-corrected chi connectivity index (χ0v) is 27.2. The molecule has 3 fully saturated rings. The Kier molecular flexibility index (Phi) is 8.00. The molecule has 13 heteroatoms. The van der Waals surface area contributed by atoms with Crippen LogP contribution in [0.5, 0.6) is 0 Å². The molecule has 0 unspecified atom stereocenters. The number of aliphatic imine (C=N–C) groups is 1. The SMILES string of the molecule is Cc1nc(CC(N)=O)nc(C)c1-c1ccc(COC2CC2)c(N2CC[C@]3(C[C@@H]2C)N=C(c2ccc(C(F)(F)F)nc2C2CC2)NC3=O)c1. The van der Waals surface area contributed by atoms with Gasteiger partial charge in [0.05, 0.1) is 24.8 Å². The maximum absolute atomic E-state index is 13.6. The Morgan fingerprint density at radius 1 is 1.08 bits per heavy atom. The summed E-state index contributed by atoms with van der Waals surface area (Å²) in [6, 6.07) is 8.47. The number of rotatable bonds is 9. The number of piperidine rings is 1. The number of alkyl halides is 3. The third-order valence-corrected chi connectivity index (χ3v) is 9.68. The largest absolute Gasteiger partial charge is 0.433 e. The predicted molar refractivity (Wildman–Crippen MR) is 172 cm³/mol. The lowest BCUT2D eigenvalue weighted by molar-refractivity contribution is -0.141. The number of anilines is 1. The number of benzene rings is 1. The molecule has 3 N–H and O–H groups in total. The molecule has 7 rings (SSSR count). The van der Waals surface area contributed by atoms with Gasteiger partial charge in [-0.2, -0.15) is 13.2 Å². The summed E-state index contributed by atoms with van der Waals surface area (Å²) >= 11 is 0. The van der Waals surface area contributed by atoms with Crippen molar-refractivity contribution >= 4 is 23.3 Å². The van der Waals surface area contributed by atoms with Gasteiger partial charge in [0, 0.05) is 58.7 Å². The molecule has 1 saturated heterocycles. The second-order valence-electron chi connectivity index (χ2n) is 13.5. The van der Waals surface area contributed by atoms with Crippen molar-refractivity contribution in [1.29, 1.82) is 0 Å². The van der Waals surface area contributed by atoms with Gasteiger partial charge in [0.15, 0.2) is 0 Å². The van der Waals surface area contributed by atoms with Crippen molar-refractivity contribution < 1.29 is 27.5 Å². The van der Waals surface area contributed by atoms with E-state index in [4.69, 9.17) is 15.5 Å². The van der Waals surface area contributed by atoms with Crippen LogP contribution in [0.15, 0.2) is 35.3 Å². The number of halogens is 3. The van der Waals surface area contributed by atoms with E-state index in [-0.39, 0.29) is 30.4 Å². The third kappa shape index (κ3) is 6.27. The highest BCUT2D eigenvalue weighted by molar-refractivity contribution is 6.16. The molecule has 2 aliphatic carbocycles. The van der Waals surface area contributed by atoms with Gasteiger partial charge in [0.25, 0.3) is 5.91 Å². The third-order valence-electron chi connectivity index (χ3n) is 9.68. The maximum Gasteiger partial charge on any atom is 0.433 e. The molecule has 2 saturated carbocycles. The standard InChI is InChI=1S/C35H38F3N7O3/c1-18-16-34(33(47)43-32(44-34)25-10-11-27(35(36,37)38)42-31(25)21-4-5-21)12-13-45(18)26-14-22(6-7-23(26)17-48-24-8-9-24)30-19(2)40-29(15-28(39)46)41-20(30)3/h6-7,10-11,14,18,21,24H,4-5,8-9,12-13,15-17H2,1-3H3,(H2,39,46)(H,43,44,47)/t18-,34+/m0/s1. The van der Waals surface area contributed by atoms with Crippen LogP contribution in [0.2, 0.25) is 0 Å². The average Bonchev–Trinajstić information content (AvgIpc) is 3.94. The molecule has 3 aromatic rings. The van der Waals surface area contributed by atoms with E-state index in [0.29, 0.717) is 48.9 Å². The van der Waals surface area contributed by atoms with Crippen LogP contribution in [-0.4, -0.2) is 56.8 Å². The summed E-state index contributed by atoms with van der Waals surface area (Å²) in [6.45, 7) is 6.82. The van der Waals surface area contributed by atoms with Crippen molar-refractivity contribution in [3.8, 4) is 11.1 Å². The number of nitrogens with zero attached hydrogens (tertiary/aromatic N) is 5. The fourth-order valence-corrected chi connectivity index (χ4v) is 7.03. The fraction of sp³-hybridized carbons (Fsp3) is 0.486. The van der Waals surface area contributed by atoms with Crippen molar-refractivity contribution in [3.05, 3.63) is 70.1 Å². The van der Waals surface area contributed by atoms with Crippen molar-refractivity contribution in [1.82, 2.24) is 20.3 Å². The van der Waals surface area contributed by atoms with Gasteiger partial charge >= 0.3 is 6.18 Å². The van der Waals surface area contributed by atoms with Crippen LogP contribution in [0.1, 0.15) is 91.1 Å². The highest BCUT2D eigenvalue weighted by Crippen LogP contribution is 2.44. The Labute approximate surface area is 276 Å². The Morgan fingerprint density at radius 2 is 1.81 bits per heavy atom. The molecular weight excluding hydrogens is 623 g/mol. The minimum Gasteiger partial charge on any atom is -0.373 e. The number of hydrogen-bond acceptors (Lipinski definition) is 8. The lowest BCUT2D eigenvalue weighted by Gasteiger charge is -2.43. The predicted octanol–water partition coefficient (Wildman–Crippen LogP) is 5.06.